The highest BCUT2D eigenvalue weighted by atomic mass is 35.5. The quantitative estimate of drug-likeness (QED) is 0.329. The monoisotopic (exact) mass is 486 g/mol. The molecule has 0 atom stereocenters. The van der Waals surface area contributed by atoms with Crippen molar-refractivity contribution >= 4 is 11.6 Å². The van der Waals surface area contributed by atoms with Crippen LogP contribution in [0.3, 0.4) is 0 Å². The fraction of sp³-hybridized carbons (Fsp3) is 0.154. The van der Waals surface area contributed by atoms with Crippen molar-refractivity contribution in [3.8, 4) is 28.4 Å². The highest BCUT2D eigenvalue weighted by molar-refractivity contribution is 6.30. The summed E-state index contributed by atoms with van der Waals surface area (Å²) in [5.74, 6) is 0.504. The van der Waals surface area contributed by atoms with Crippen LogP contribution in [0.15, 0.2) is 83.8 Å². The molecule has 0 N–H and O–H groups in total. The van der Waals surface area contributed by atoms with E-state index in [-0.39, 0.29) is 5.69 Å². The van der Waals surface area contributed by atoms with Crippen LogP contribution in [-0.2, 0) is 13.2 Å². The summed E-state index contributed by atoms with van der Waals surface area (Å²) in [6.07, 6.45) is 1.84. The second kappa shape index (κ2) is 9.60. The lowest BCUT2D eigenvalue weighted by molar-refractivity contribution is 0.291. The number of hydrogen-bond donors (Lipinski definition) is 0. The zero-order valence-electron chi connectivity index (χ0n) is 19.3. The number of halogens is 1. The Morgan fingerprint density at radius 1 is 0.914 bits per heavy atom. The summed E-state index contributed by atoms with van der Waals surface area (Å²) in [6.45, 7) is 4.66. The molecule has 0 aliphatic rings. The first-order chi connectivity index (χ1) is 17.0. The number of para-hydroxylation sites is 1. The van der Waals surface area contributed by atoms with Gasteiger partial charge in [0.1, 0.15) is 6.61 Å². The van der Waals surface area contributed by atoms with Gasteiger partial charge in [0.15, 0.2) is 0 Å². The van der Waals surface area contributed by atoms with Gasteiger partial charge in [0.05, 0.1) is 11.4 Å². The van der Waals surface area contributed by atoms with Crippen LogP contribution in [0.1, 0.15) is 18.1 Å². The summed E-state index contributed by atoms with van der Waals surface area (Å²) in [4.78, 5) is 12.7. The maximum Gasteiger partial charge on any atom is 0.368 e. The summed E-state index contributed by atoms with van der Waals surface area (Å²) in [6, 6.07) is 23.0. The van der Waals surface area contributed by atoms with Crippen LogP contribution >= 0.6 is 11.6 Å². The number of ether oxygens (including phenoxy) is 1. The Morgan fingerprint density at radius 3 is 2.46 bits per heavy atom. The highest BCUT2D eigenvalue weighted by Gasteiger charge is 2.17. The van der Waals surface area contributed by atoms with E-state index in [4.69, 9.17) is 16.3 Å². The van der Waals surface area contributed by atoms with Crippen LogP contribution in [0, 0.1) is 6.92 Å². The topological polar surface area (TPSA) is 79.8 Å². The molecule has 5 rings (SSSR count). The van der Waals surface area contributed by atoms with Crippen molar-refractivity contribution in [2.45, 2.75) is 27.0 Å². The molecule has 3 aromatic carbocycles. The van der Waals surface area contributed by atoms with Gasteiger partial charge in [-0.15, -0.1) is 5.10 Å². The van der Waals surface area contributed by atoms with Crippen molar-refractivity contribution in [1.29, 1.82) is 0 Å². The Morgan fingerprint density at radius 2 is 1.69 bits per heavy atom. The lowest BCUT2D eigenvalue weighted by atomic mass is 9.95. The van der Waals surface area contributed by atoms with Gasteiger partial charge in [-0.2, -0.15) is 9.36 Å². The predicted molar refractivity (Wildman–Crippen MR) is 134 cm³/mol. The number of benzene rings is 3. The van der Waals surface area contributed by atoms with Crippen molar-refractivity contribution in [2.75, 3.05) is 0 Å². The number of hydrogen-bond acceptors (Lipinski definition) is 5. The van der Waals surface area contributed by atoms with Crippen molar-refractivity contribution in [2.24, 2.45) is 0 Å². The largest absolute Gasteiger partial charge is 0.472 e. The molecule has 0 amide bonds. The molecule has 9 heteroatoms. The molecule has 5 aromatic rings. The first-order valence-electron chi connectivity index (χ1n) is 11.2. The Labute approximate surface area is 206 Å². The zero-order chi connectivity index (χ0) is 24.4. The standard InChI is InChI=1S/C26H23ClN6O2/c1-3-31-26(34)33(30-29-31)24-10-5-4-8-22(24)21-9-6-7-18(2)23(21)17-35-25-15-16-32(28-25)20-13-11-19(27)12-14-20/h4-16H,3,17H2,1-2H3. The van der Waals surface area contributed by atoms with Gasteiger partial charge in [-0.3, -0.25) is 0 Å². The third-order valence-electron chi connectivity index (χ3n) is 5.79. The van der Waals surface area contributed by atoms with Crippen LogP contribution in [-0.4, -0.2) is 29.6 Å². The fourth-order valence-electron chi connectivity index (χ4n) is 3.92. The van der Waals surface area contributed by atoms with E-state index in [0.717, 1.165) is 27.9 Å². The molecule has 35 heavy (non-hydrogen) atoms. The maximum atomic E-state index is 12.7. The van der Waals surface area contributed by atoms with Crippen LogP contribution in [0.4, 0.5) is 0 Å². The van der Waals surface area contributed by atoms with Gasteiger partial charge in [0.25, 0.3) is 0 Å². The lowest BCUT2D eigenvalue weighted by Gasteiger charge is -2.15. The molecule has 0 bridgehead atoms. The molecule has 0 saturated carbocycles. The second-order valence-corrected chi connectivity index (χ2v) is 8.41. The normalized spacial score (nSPS) is 11.1. The Balaban J connectivity index is 1.47. The minimum Gasteiger partial charge on any atom is -0.472 e. The summed E-state index contributed by atoms with van der Waals surface area (Å²) in [5.41, 5.74) is 5.16. The fourth-order valence-corrected chi connectivity index (χ4v) is 4.05. The minimum absolute atomic E-state index is 0.279. The number of aryl methyl sites for hydroxylation is 2. The molecule has 2 aromatic heterocycles. The van der Waals surface area contributed by atoms with Crippen LogP contribution in [0.25, 0.3) is 22.5 Å². The Hall–Kier alpha value is -4.17. The van der Waals surface area contributed by atoms with Crippen LogP contribution < -0.4 is 10.4 Å². The molecule has 0 fully saturated rings. The third-order valence-corrected chi connectivity index (χ3v) is 6.04. The van der Waals surface area contributed by atoms with Gasteiger partial charge in [0.2, 0.25) is 5.88 Å². The van der Waals surface area contributed by atoms with E-state index < -0.39 is 0 Å². The van der Waals surface area contributed by atoms with Gasteiger partial charge in [-0.25, -0.2) is 9.48 Å². The molecule has 2 heterocycles. The summed E-state index contributed by atoms with van der Waals surface area (Å²) < 4.78 is 10.5. The van der Waals surface area contributed by atoms with Crippen molar-refractivity contribution < 1.29 is 4.74 Å². The van der Waals surface area contributed by atoms with E-state index in [1.165, 1.54) is 9.36 Å². The van der Waals surface area contributed by atoms with Gasteiger partial charge >= 0.3 is 5.69 Å². The molecule has 0 unspecified atom stereocenters. The van der Waals surface area contributed by atoms with E-state index in [0.29, 0.717) is 29.7 Å². The van der Waals surface area contributed by atoms with E-state index in [2.05, 4.69) is 15.5 Å². The minimum atomic E-state index is -0.279. The predicted octanol–water partition coefficient (Wildman–Crippen LogP) is 4.84. The molecular formula is C26H23ClN6O2. The average molecular weight is 487 g/mol. The smallest absolute Gasteiger partial charge is 0.368 e. The van der Waals surface area contributed by atoms with Crippen LogP contribution in [0.5, 0.6) is 5.88 Å². The second-order valence-electron chi connectivity index (χ2n) is 7.97. The summed E-state index contributed by atoms with van der Waals surface area (Å²) in [5, 5.41) is 13.3. The number of rotatable bonds is 7. The number of aromatic nitrogens is 6. The number of tetrazole rings is 1. The molecular weight excluding hydrogens is 464 g/mol. The van der Waals surface area contributed by atoms with Gasteiger partial charge in [-0.05, 0) is 65.7 Å². The van der Waals surface area contributed by atoms with Crippen molar-refractivity contribution in [3.63, 3.8) is 0 Å². The SMILES string of the molecule is CCn1nnn(-c2ccccc2-c2cccc(C)c2COc2ccn(-c3ccc(Cl)cc3)n2)c1=O. The van der Waals surface area contributed by atoms with E-state index in [9.17, 15) is 4.79 Å². The molecule has 0 aliphatic heterocycles. The molecule has 0 spiro atoms. The lowest BCUT2D eigenvalue weighted by Crippen LogP contribution is -2.24. The third kappa shape index (κ3) is 4.48. The van der Waals surface area contributed by atoms with Crippen LogP contribution in [0.2, 0.25) is 5.02 Å². The molecule has 8 nitrogen and oxygen atoms in total. The zero-order valence-corrected chi connectivity index (χ0v) is 20.1. The summed E-state index contributed by atoms with van der Waals surface area (Å²) in [7, 11) is 0. The van der Waals surface area contributed by atoms with Gasteiger partial charge in [-0.1, -0.05) is 48.0 Å². The maximum absolute atomic E-state index is 12.7. The van der Waals surface area contributed by atoms with Gasteiger partial charge in [0, 0.05) is 35.0 Å². The molecule has 0 saturated heterocycles. The first kappa shape index (κ1) is 22.6. The first-order valence-corrected chi connectivity index (χ1v) is 11.6. The van der Waals surface area contributed by atoms with Crippen molar-refractivity contribution in [3.05, 3.63) is 106 Å². The molecule has 0 aliphatic carbocycles. The highest BCUT2D eigenvalue weighted by Crippen LogP contribution is 2.31. The molecule has 0 radical (unpaired) electrons. The Kier molecular flexibility index (Phi) is 6.20. The average Bonchev–Trinajstić information content (AvgIpc) is 3.50. The van der Waals surface area contributed by atoms with E-state index >= 15 is 0 Å². The number of nitrogens with zero attached hydrogens (tertiary/aromatic N) is 6. The van der Waals surface area contributed by atoms with E-state index in [1.54, 1.807) is 4.68 Å². The van der Waals surface area contributed by atoms with Gasteiger partial charge < -0.3 is 4.74 Å². The molecule has 176 valence electrons. The Bertz CT molecular complexity index is 1530. The van der Waals surface area contributed by atoms with E-state index in [1.807, 2.05) is 92.8 Å². The summed E-state index contributed by atoms with van der Waals surface area (Å²) >= 11 is 5.99. The van der Waals surface area contributed by atoms with Crippen molar-refractivity contribution in [1.82, 2.24) is 29.6 Å².